The SMILES string of the molecule is Cc1ccc(N(c2cccc(Oc3cccc(C)c3O)c2)c2ccc(C)cc2O)c(O)c1. The summed E-state index contributed by atoms with van der Waals surface area (Å²) in [6, 6.07) is 23.4. The van der Waals surface area contributed by atoms with Gasteiger partial charge in [-0.1, -0.05) is 30.3 Å². The van der Waals surface area contributed by atoms with E-state index in [0.717, 1.165) is 16.7 Å². The van der Waals surface area contributed by atoms with Gasteiger partial charge in [0.1, 0.15) is 17.2 Å². The van der Waals surface area contributed by atoms with Crippen LogP contribution in [0.25, 0.3) is 0 Å². The Balaban J connectivity index is 1.83. The molecule has 0 amide bonds. The Bertz CT molecular complexity index is 1230. The van der Waals surface area contributed by atoms with E-state index in [4.69, 9.17) is 4.74 Å². The average Bonchev–Trinajstić information content (AvgIpc) is 2.75. The lowest BCUT2D eigenvalue weighted by molar-refractivity contribution is 0.408. The average molecular weight is 428 g/mol. The number of hydrogen-bond acceptors (Lipinski definition) is 5. The van der Waals surface area contributed by atoms with Crippen LogP contribution in [0.5, 0.6) is 28.7 Å². The van der Waals surface area contributed by atoms with Gasteiger partial charge in [-0.05, 0) is 79.9 Å². The summed E-state index contributed by atoms with van der Waals surface area (Å²) in [6.45, 7) is 5.61. The molecule has 162 valence electrons. The number of aromatic hydroxyl groups is 3. The molecular formula is C27H25NO4. The smallest absolute Gasteiger partial charge is 0.169 e. The summed E-state index contributed by atoms with van der Waals surface area (Å²) in [7, 11) is 0. The Hall–Kier alpha value is -4.12. The van der Waals surface area contributed by atoms with Crippen LogP contribution in [0.2, 0.25) is 0 Å². The standard InChI is InChI=1S/C27H25NO4/c1-17-10-12-22(24(29)14-17)28(23-13-11-18(2)15-25(23)30)20-7-5-8-21(16-20)32-26-9-4-6-19(3)27(26)31/h4-16,29-31H,1-3H3. The molecule has 3 N–H and O–H groups in total. The maximum absolute atomic E-state index is 10.7. The second kappa shape index (κ2) is 8.55. The van der Waals surface area contributed by atoms with Gasteiger partial charge in [0.2, 0.25) is 0 Å². The van der Waals surface area contributed by atoms with E-state index >= 15 is 0 Å². The van der Waals surface area contributed by atoms with Crippen LogP contribution in [0.15, 0.2) is 78.9 Å². The number of aryl methyl sites for hydroxylation is 3. The fraction of sp³-hybridized carbons (Fsp3) is 0.111. The van der Waals surface area contributed by atoms with E-state index in [1.54, 1.807) is 48.2 Å². The summed E-state index contributed by atoms with van der Waals surface area (Å²) in [5, 5.41) is 31.7. The molecule has 32 heavy (non-hydrogen) atoms. The lowest BCUT2D eigenvalue weighted by Gasteiger charge is -2.27. The third-order valence-corrected chi connectivity index (χ3v) is 5.25. The van der Waals surface area contributed by atoms with E-state index in [9.17, 15) is 15.3 Å². The van der Waals surface area contributed by atoms with Crippen LogP contribution in [-0.2, 0) is 0 Å². The molecule has 0 saturated heterocycles. The molecule has 0 spiro atoms. The first-order valence-corrected chi connectivity index (χ1v) is 10.3. The monoisotopic (exact) mass is 427 g/mol. The molecule has 0 fully saturated rings. The Morgan fingerprint density at radius 2 is 1.25 bits per heavy atom. The molecule has 0 aliphatic carbocycles. The molecule has 5 heteroatoms. The molecular weight excluding hydrogens is 402 g/mol. The molecule has 0 atom stereocenters. The zero-order valence-corrected chi connectivity index (χ0v) is 18.2. The van der Waals surface area contributed by atoms with Gasteiger partial charge in [-0.3, -0.25) is 0 Å². The first kappa shape index (κ1) is 21.1. The highest BCUT2D eigenvalue weighted by molar-refractivity contribution is 5.83. The number of anilines is 3. The van der Waals surface area contributed by atoms with Crippen LogP contribution in [0.3, 0.4) is 0 Å². The number of ether oxygens (including phenoxy) is 1. The van der Waals surface area contributed by atoms with Gasteiger partial charge >= 0.3 is 0 Å². The van der Waals surface area contributed by atoms with E-state index < -0.39 is 0 Å². The molecule has 0 saturated carbocycles. The van der Waals surface area contributed by atoms with Crippen molar-refractivity contribution in [2.45, 2.75) is 20.8 Å². The summed E-state index contributed by atoms with van der Waals surface area (Å²) < 4.78 is 5.95. The molecule has 5 nitrogen and oxygen atoms in total. The molecule has 0 bridgehead atoms. The normalized spacial score (nSPS) is 10.7. The van der Waals surface area contributed by atoms with Crippen LogP contribution in [0, 0.1) is 20.8 Å². The maximum Gasteiger partial charge on any atom is 0.169 e. The number of para-hydroxylation sites is 1. The molecule has 4 rings (SSSR count). The number of hydrogen-bond donors (Lipinski definition) is 3. The van der Waals surface area contributed by atoms with Gasteiger partial charge in [-0.15, -0.1) is 0 Å². The van der Waals surface area contributed by atoms with Crippen molar-refractivity contribution < 1.29 is 20.1 Å². The highest BCUT2D eigenvalue weighted by atomic mass is 16.5. The van der Waals surface area contributed by atoms with E-state index in [1.165, 1.54) is 0 Å². The fourth-order valence-corrected chi connectivity index (χ4v) is 3.58. The van der Waals surface area contributed by atoms with Gasteiger partial charge < -0.3 is 25.0 Å². The number of phenols is 3. The van der Waals surface area contributed by atoms with Crippen LogP contribution in [-0.4, -0.2) is 15.3 Å². The first-order valence-electron chi connectivity index (χ1n) is 10.3. The second-order valence-electron chi connectivity index (χ2n) is 7.84. The molecule has 0 unspecified atom stereocenters. The van der Waals surface area contributed by atoms with E-state index in [1.807, 2.05) is 56.3 Å². The molecule has 0 aromatic heterocycles. The zero-order chi connectivity index (χ0) is 22.8. The summed E-state index contributed by atoms with van der Waals surface area (Å²) in [5.41, 5.74) is 4.27. The fourth-order valence-electron chi connectivity index (χ4n) is 3.58. The number of benzene rings is 4. The van der Waals surface area contributed by atoms with Crippen molar-refractivity contribution in [2.24, 2.45) is 0 Å². The largest absolute Gasteiger partial charge is 0.506 e. The number of phenolic OH excluding ortho intramolecular Hbond substituents is 3. The predicted molar refractivity (Wildman–Crippen MR) is 127 cm³/mol. The Morgan fingerprint density at radius 3 is 1.84 bits per heavy atom. The minimum atomic E-state index is 0.0853. The topological polar surface area (TPSA) is 73.2 Å². The van der Waals surface area contributed by atoms with Crippen molar-refractivity contribution in [1.29, 1.82) is 0 Å². The van der Waals surface area contributed by atoms with Gasteiger partial charge in [0.25, 0.3) is 0 Å². The van der Waals surface area contributed by atoms with Gasteiger partial charge in [0.15, 0.2) is 11.5 Å². The van der Waals surface area contributed by atoms with Gasteiger partial charge in [0, 0.05) is 6.07 Å². The minimum Gasteiger partial charge on any atom is -0.506 e. The van der Waals surface area contributed by atoms with Crippen LogP contribution in [0.1, 0.15) is 16.7 Å². The van der Waals surface area contributed by atoms with Crippen molar-refractivity contribution in [1.82, 2.24) is 0 Å². The molecule has 0 radical (unpaired) electrons. The minimum absolute atomic E-state index is 0.0853. The molecule has 0 heterocycles. The highest BCUT2D eigenvalue weighted by Crippen LogP contribution is 2.45. The zero-order valence-electron chi connectivity index (χ0n) is 18.2. The summed E-state index contributed by atoms with van der Waals surface area (Å²) in [4.78, 5) is 1.77. The Morgan fingerprint density at radius 1 is 0.656 bits per heavy atom. The third kappa shape index (κ3) is 4.18. The van der Waals surface area contributed by atoms with Crippen molar-refractivity contribution >= 4 is 17.1 Å². The van der Waals surface area contributed by atoms with E-state index in [-0.39, 0.29) is 17.2 Å². The van der Waals surface area contributed by atoms with Gasteiger partial charge in [-0.25, -0.2) is 0 Å². The molecule has 4 aromatic rings. The van der Waals surface area contributed by atoms with Crippen LogP contribution >= 0.6 is 0 Å². The first-order chi connectivity index (χ1) is 15.3. The highest BCUT2D eigenvalue weighted by Gasteiger charge is 2.20. The lowest BCUT2D eigenvalue weighted by Crippen LogP contribution is -2.10. The van der Waals surface area contributed by atoms with Crippen molar-refractivity contribution in [3.63, 3.8) is 0 Å². The third-order valence-electron chi connectivity index (χ3n) is 5.25. The summed E-state index contributed by atoms with van der Waals surface area (Å²) in [6.07, 6.45) is 0. The van der Waals surface area contributed by atoms with Gasteiger partial charge in [0.05, 0.1) is 17.1 Å². The van der Waals surface area contributed by atoms with Crippen molar-refractivity contribution in [2.75, 3.05) is 4.90 Å². The lowest BCUT2D eigenvalue weighted by atomic mass is 10.1. The van der Waals surface area contributed by atoms with E-state index in [0.29, 0.717) is 28.6 Å². The van der Waals surface area contributed by atoms with E-state index in [2.05, 4.69) is 0 Å². The quantitative estimate of drug-likeness (QED) is 0.320. The number of rotatable bonds is 5. The molecule has 0 aliphatic rings. The Kier molecular flexibility index (Phi) is 5.65. The Labute approximate surface area is 187 Å². The summed E-state index contributed by atoms with van der Waals surface area (Å²) >= 11 is 0. The van der Waals surface area contributed by atoms with Crippen LogP contribution in [0.4, 0.5) is 17.1 Å². The van der Waals surface area contributed by atoms with Crippen molar-refractivity contribution in [3.8, 4) is 28.7 Å². The van der Waals surface area contributed by atoms with Crippen molar-refractivity contribution in [3.05, 3.63) is 95.6 Å². The van der Waals surface area contributed by atoms with Crippen LogP contribution < -0.4 is 9.64 Å². The molecule has 4 aromatic carbocycles. The predicted octanol–water partition coefficient (Wildman–Crippen LogP) is 6.99. The van der Waals surface area contributed by atoms with Gasteiger partial charge in [-0.2, -0.15) is 0 Å². The second-order valence-corrected chi connectivity index (χ2v) is 7.84. The summed E-state index contributed by atoms with van der Waals surface area (Å²) in [5.74, 6) is 1.12. The maximum atomic E-state index is 10.7. The number of nitrogens with zero attached hydrogens (tertiary/aromatic N) is 1. The molecule has 0 aliphatic heterocycles.